The topological polar surface area (TPSA) is 3.24 Å². The molecule has 0 aromatic heterocycles. The van der Waals surface area contributed by atoms with Gasteiger partial charge in [0.25, 0.3) is 6.43 Å². The van der Waals surface area contributed by atoms with Gasteiger partial charge in [0.05, 0.1) is 0 Å². The average molecular weight is 332 g/mol. The molecule has 7 heteroatoms. The Hall–Kier alpha value is -0.590. The van der Waals surface area contributed by atoms with Crippen molar-refractivity contribution in [2.24, 2.45) is 0 Å². The van der Waals surface area contributed by atoms with Gasteiger partial charge in [-0.15, -0.1) is 0 Å². The normalized spacial score (nSPS) is 23.6. The van der Waals surface area contributed by atoms with Gasteiger partial charge < -0.3 is 4.90 Å². The van der Waals surface area contributed by atoms with Gasteiger partial charge in [-0.25, -0.2) is 8.78 Å². The summed E-state index contributed by atoms with van der Waals surface area (Å²) in [7, 11) is 0. The van der Waals surface area contributed by atoms with E-state index in [9.17, 15) is 22.0 Å². The molecule has 0 bridgehead atoms. The number of alkyl halides is 5. The molecule has 0 saturated heterocycles. The molecule has 2 aliphatic rings. The molecule has 2 rings (SSSR count). The van der Waals surface area contributed by atoms with Crippen LogP contribution in [-0.4, -0.2) is 29.6 Å². The molecule has 102 valence electrons. The van der Waals surface area contributed by atoms with Crippen LogP contribution in [0.25, 0.3) is 0 Å². The summed E-state index contributed by atoms with van der Waals surface area (Å²) in [6, 6.07) is 0. The summed E-state index contributed by atoms with van der Waals surface area (Å²) in [5, 5.41) is 0. The van der Waals surface area contributed by atoms with Gasteiger partial charge in [-0.05, 0) is 35.2 Å². The maximum Gasteiger partial charge on any atom is 0.411 e. The summed E-state index contributed by atoms with van der Waals surface area (Å²) in [6.45, 7) is -0.131. The zero-order valence-electron chi connectivity index (χ0n) is 9.28. The predicted octanol–water partition coefficient (Wildman–Crippen LogP) is 4.21. The van der Waals surface area contributed by atoms with E-state index in [4.69, 9.17) is 0 Å². The van der Waals surface area contributed by atoms with E-state index in [1.807, 2.05) is 0 Å². The van der Waals surface area contributed by atoms with E-state index >= 15 is 0 Å². The quantitative estimate of drug-likeness (QED) is 0.685. The minimum absolute atomic E-state index is 0.0190. The van der Waals surface area contributed by atoms with Crippen LogP contribution in [0.5, 0.6) is 0 Å². The molecule has 18 heavy (non-hydrogen) atoms. The molecule has 0 amide bonds. The first-order valence-corrected chi connectivity index (χ1v) is 6.26. The van der Waals surface area contributed by atoms with Crippen LogP contribution in [0.15, 0.2) is 22.3 Å². The minimum Gasteiger partial charge on any atom is -0.359 e. The number of allylic oxidation sites excluding steroid dienone is 2. The highest BCUT2D eigenvalue weighted by Crippen LogP contribution is 2.50. The van der Waals surface area contributed by atoms with Gasteiger partial charge >= 0.3 is 6.18 Å². The van der Waals surface area contributed by atoms with Crippen LogP contribution in [-0.2, 0) is 0 Å². The fourth-order valence-electron chi connectivity index (χ4n) is 2.30. The SMILES string of the molecule is FC(F)C1=CCN(C2(C(F)(F)F)CCC2)C=C1Br. The second-order valence-corrected chi connectivity index (χ2v) is 5.33. The lowest BCUT2D eigenvalue weighted by Gasteiger charge is -2.51. The summed E-state index contributed by atoms with van der Waals surface area (Å²) >= 11 is 2.91. The Morgan fingerprint density at radius 2 is 1.89 bits per heavy atom. The summed E-state index contributed by atoms with van der Waals surface area (Å²) in [6.07, 6.45) is -4.18. The van der Waals surface area contributed by atoms with Crippen LogP contribution in [0, 0.1) is 0 Å². The third kappa shape index (κ3) is 2.06. The molecular formula is C11H11BrF5N. The highest BCUT2D eigenvalue weighted by molar-refractivity contribution is 9.12. The third-order valence-corrected chi connectivity index (χ3v) is 4.21. The lowest BCUT2D eigenvalue weighted by molar-refractivity contribution is -0.248. The maximum atomic E-state index is 13.1. The molecule has 0 atom stereocenters. The molecule has 1 aliphatic carbocycles. The van der Waals surface area contributed by atoms with E-state index in [2.05, 4.69) is 15.9 Å². The van der Waals surface area contributed by atoms with Crippen LogP contribution in [0.2, 0.25) is 0 Å². The van der Waals surface area contributed by atoms with Gasteiger partial charge in [0.2, 0.25) is 0 Å². The van der Waals surface area contributed by atoms with Gasteiger partial charge in [-0.2, -0.15) is 13.2 Å². The van der Waals surface area contributed by atoms with Crippen molar-refractivity contribution in [1.82, 2.24) is 4.90 Å². The molecule has 1 aliphatic heterocycles. The van der Waals surface area contributed by atoms with Crippen LogP contribution < -0.4 is 0 Å². The zero-order valence-corrected chi connectivity index (χ0v) is 10.9. The summed E-state index contributed by atoms with van der Waals surface area (Å²) in [4.78, 5) is 1.12. The van der Waals surface area contributed by atoms with Gasteiger partial charge in [-0.1, -0.05) is 6.08 Å². The summed E-state index contributed by atoms with van der Waals surface area (Å²) < 4.78 is 64.3. The molecular weight excluding hydrogens is 321 g/mol. The third-order valence-electron chi connectivity index (χ3n) is 3.55. The Balaban J connectivity index is 2.23. The van der Waals surface area contributed by atoms with Crippen molar-refractivity contribution in [3.05, 3.63) is 22.3 Å². The Kier molecular flexibility index (Phi) is 3.46. The van der Waals surface area contributed by atoms with Crippen molar-refractivity contribution in [3.63, 3.8) is 0 Å². The number of hydrogen-bond acceptors (Lipinski definition) is 1. The standard InChI is InChI=1S/C11H11BrF5N/c12-8-6-18(5-2-7(8)9(13)14)10(3-1-4-10)11(15,16)17/h2,6,9H,1,3-5H2. The highest BCUT2D eigenvalue weighted by Gasteiger charge is 2.61. The second kappa shape index (κ2) is 4.51. The van der Waals surface area contributed by atoms with Crippen molar-refractivity contribution >= 4 is 15.9 Å². The maximum absolute atomic E-state index is 13.1. The Labute approximate surface area is 109 Å². The Morgan fingerprint density at radius 1 is 1.28 bits per heavy atom. The average Bonchev–Trinajstić information content (AvgIpc) is 2.12. The summed E-state index contributed by atoms with van der Waals surface area (Å²) in [5.74, 6) is 0. The first kappa shape index (κ1) is 13.8. The molecule has 0 radical (unpaired) electrons. The van der Waals surface area contributed by atoms with Gasteiger partial charge in [0.15, 0.2) is 0 Å². The van der Waals surface area contributed by atoms with E-state index in [0.717, 1.165) is 17.2 Å². The molecule has 0 spiro atoms. The van der Waals surface area contributed by atoms with Crippen molar-refractivity contribution in [2.45, 2.75) is 37.4 Å². The second-order valence-electron chi connectivity index (χ2n) is 4.47. The lowest BCUT2D eigenvalue weighted by atomic mass is 9.74. The number of rotatable bonds is 2. The predicted molar refractivity (Wildman–Crippen MR) is 60.4 cm³/mol. The molecule has 0 aromatic carbocycles. The van der Waals surface area contributed by atoms with Gasteiger partial charge in [0, 0.05) is 22.8 Å². The Bertz CT molecular complexity index is 395. The first-order chi connectivity index (χ1) is 8.28. The molecule has 1 heterocycles. The summed E-state index contributed by atoms with van der Waals surface area (Å²) in [5.41, 5.74) is -2.13. The van der Waals surface area contributed by atoms with Crippen LogP contribution in [0.1, 0.15) is 19.3 Å². The van der Waals surface area contributed by atoms with E-state index in [1.54, 1.807) is 0 Å². The van der Waals surface area contributed by atoms with E-state index in [0.29, 0.717) is 6.42 Å². The molecule has 1 fully saturated rings. The molecule has 0 N–H and O–H groups in total. The van der Waals surface area contributed by atoms with Crippen molar-refractivity contribution < 1.29 is 22.0 Å². The molecule has 0 aromatic rings. The first-order valence-electron chi connectivity index (χ1n) is 5.47. The van der Waals surface area contributed by atoms with Crippen molar-refractivity contribution in [1.29, 1.82) is 0 Å². The highest BCUT2D eigenvalue weighted by atomic mass is 79.9. The van der Waals surface area contributed by atoms with Crippen molar-refractivity contribution in [3.8, 4) is 0 Å². The van der Waals surface area contributed by atoms with Crippen LogP contribution >= 0.6 is 15.9 Å². The van der Waals surface area contributed by atoms with E-state index < -0.39 is 18.1 Å². The number of halogens is 6. The van der Waals surface area contributed by atoms with Crippen LogP contribution in [0.3, 0.4) is 0 Å². The minimum atomic E-state index is -4.34. The van der Waals surface area contributed by atoms with Gasteiger partial charge in [-0.3, -0.25) is 0 Å². The lowest BCUT2D eigenvalue weighted by Crippen LogP contribution is -2.61. The van der Waals surface area contributed by atoms with Crippen molar-refractivity contribution in [2.75, 3.05) is 6.54 Å². The number of nitrogens with zero attached hydrogens (tertiary/aromatic N) is 1. The monoisotopic (exact) mass is 331 g/mol. The fraction of sp³-hybridized carbons (Fsp3) is 0.636. The van der Waals surface area contributed by atoms with E-state index in [1.165, 1.54) is 0 Å². The van der Waals surface area contributed by atoms with Crippen LogP contribution in [0.4, 0.5) is 22.0 Å². The molecule has 1 saturated carbocycles. The fourth-order valence-corrected chi connectivity index (χ4v) is 2.88. The largest absolute Gasteiger partial charge is 0.411 e. The Morgan fingerprint density at radius 3 is 2.22 bits per heavy atom. The smallest absolute Gasteiger partial charge is 0.359 e. The molecule has 1 nitrogen and oxygen atoms in total. The van der Waals surface area contributed by atoms with E-state index in [-0.39, 0.29) is 29.4 Å². The number of hydrogen-bond donors (Lipinski definition) is 0. The zero-order chi connectivity index (χ0) is 13.6. The molecule has 0 unspecified atom stereocenters. The van der Waals surface area contributed by atoms with Gasteiger partial charge in [0.1, 0.15) is 5.54 Å².